The van der Waals surface area contributed by atoms with Crippen molar-refractivity contribution in [3.63, 3.8) is 0 Å². The van der Waals surface area contributed by atoms with E-state index in [4.69, 9.17) is 0 Å². The molecule has 25 heavy (non-hydrogen) atoms. The summed E-state index contributed by atoms with van der Waals surface area (Å²) >= 11 is 1.57. The number of hydrogen-bond acceptors (Lipinski definition) is 4. The van der Waals surface area contributed by atoms with Gasteiger partial charge in [0, 0.05) is 19.7 Å². The zero-order valence-electron chi connectivity index (χ0n) is 13.8. The van der Waals surface area contributed by atoms with Crippen LogP contribution in [0.5, 0.6) is 0 Å². The number of pyridine rings is 1. The Kier molecular flexibility index (Phi) is 3.62. The molecule has 0 fully saturated rings. The number of aromatic nitrogens is 3. The van der Waals surface area contributed by atoms with Gasteiger partial charge in [0.25, 0.3) is 5.56 Å². The lowest BCUT2D eigenvalue weighted by Crippen LogP contribution is -2.37. The quantitative estimate of drug-likeness (QED) is 0.559. The van der Waals surface area contributed by atoms with Crippen LogP contribution in [0.3, 0.4) is 0 Å². The van der Waals surface area contributed by atoms with Crippen molar-refractivity contribution in [1.29, 1.82) is 0 Å². The van der Waals surface area contributed by atoms with Crippen LogP contribution in [0.25, 0.3) is 32.7 Å². The average molecular weight is 349 g/mol. The Morgan fingerprint density at radius 1 is 0.960 bits per heavy atom. The van der Waals surface area contributed by atoms with E-state index in [9.17, 15) is 9.59 Å². The minimum absolute atomic E-state index is 0.331. The van der Waals surface area contributed by atoms with Crippen molar-refractivity contribution in [1.82, 2.24) is 14.1 Å². The van der Waals surface area contributed by atoms with Crippen molar-refractivity contribution in [2.45, 2.75) is 0 Å². The SMILES string of the molecule is Cn1c(=O)c2c(-c3ccccc3)cc(-c3cccs3)nc2n(C)c1=O. The van der Waals surface area contributed by atoms with Gasteiger partial charge < -0.3 is 0 Å². The first kappa shape index (κ1) is 15.5. The van der Waals surface area contributed by atoms with Crippen LogP contribution in [0.4, 0.5) is 0 Å². The number of nitrogens with zero attached hydrogens (tertiary/aromatic N) is 3. The minimum atomic E-state index is -0.382. The summed E-state index contributed by atoms with van der Waals surface area (Å²) in [4.78, 5) is 30.8. The van der Waals surface area contributed by atoms with E-state index in [0.717, 1.165) is 26.3 Å². The summed E-state index contributed by atoms with van der Waals surface area (Å²) in [6.45, 7) is 0. The van der Waals surface area contributed by atoms with Crippen LogP contribution in [0.2, 0.25) is 0 Å². The molecule has 0 radical (unpaired) electrons. The molecule has 124 valence electrons. The Balaban J connectivity index is 2.22. The van der Waals surface area contributed by atoms with Crippen molar-refractivity contribution in [2.24, 2.45) is 14.1 Å². The third-order valence-electron chi connectivity index (χ3n) is 4.27. The fraction of sp³-hybridized carbons (Fsp3) is 0.105. The molecule has 1 aromatic carbocycles. The van der Waals surface area contributed by atoms with E-state index < -0.39 is 0 Å². The number of thiophene rings is 1. The smallest absolute Gasteiger partial charge is 0.280 e. The summed E-state index contributed by atoms with van der Waals surface area (Å²) in [6.07, 6.45) is 0. The number of aryl methyl sites for hydroxylation is 1. The lowest BCUT2D eigenvalue weighted by molar-refractivity contribution is 0.708. The monoisotopic (exact) mass is 349 g/mol. The van der Waals surface area contributed by atoms with E-state index in [-0.39, 0.29) is 11.2 Å². The molecule has 0 aliphatic rings. The van der Waals surface area contributed by atoms with Gasteiger partial charge in [-0.05, 0) is 23.1 Å². The summed E-state index contributed by atoms with van der Waals surface area (Å²) < 4.78 is 2.56. The Morgan fingerprint density at radius 3 is 2.40 bits per heavy atom. The summed E-state index contributed by atoms with van der Waals surface area (Å²) in [5.41, 5.74) is 2.14. The molecule has 0 unspecified atom stereocenters. The lowest BCUT2D eigenvalue weighted by atomic mass is 10.0. The van der Waals surface area contributed by atoms with Crippen molar-refractivity contribution in [3.05, 3.63) is 74.7 Å². The number of hydrogen-bond donors (Lipinski definition) is 0. The summed E-state index contributed by atoms with van der Waals surface area (Å²) in [5, 5.41) is 2.43. The molecule has 4 aromatic rings. The highest BCUT2D eigenvalue weighted by Gasteiger charge is 2.17. The highest BCUT2D eigenvalue weighted by atomic mass is 32.1. The maximum Gasteiger partial charge on any atom is 0.332 e. The molecule has 6 heteroatoms. The highest BCUT2D eigenvalue weighted by molar-refractivity contribution is 7.13. The molecular weight excluding hydrogens is 334 g/mol. The topological polar surface area (TPSA) is 56.9 Å². The van der Waals surface area contributed by atoms with Crippen LogP contribution in [0.15, 0.2) is 63.5 Å². The van der Waals surface area contributed by atoms with Crippen LogP contribution < -0.4 is 11.2 Å². The van der Waals surface area contributed by atoms with Gasteiger partial charge in [-0.25, -0.2) is 9.78 Å². The second-order valence-corrected chi connectivity index (χ2v) is 6.75. The molecule has 0 atom stereocenters. The van der Waals surface area contributed by atoms with E-state index in [1.165, 1.54) is 11.6 Å². The molecular formula is C19H15N3O2S. The van der Waals surface area contributed by atoms with Gasteiger partial charge in [-0.15, -0.1) is 11.3 Å². The van der Waals surface area contributed by atoms with Crippen molar-refractivity contribution >= 4 is 22.4 Å². The molecule has 0 aliphatic heterocycles. The molecule has 0 N–H and O–H groups in total. The molecule has 3 aromatic heterocycles. The van der Waals surface area contributed by atoms with E-state index in [1.54, 1.807) is 18.4 Å². The Bertz CT molecular complexity index is 1190. The molecule has 5 nitrogen and oxygen atoms in total. The van der Waals surface area contributed by atoms with E-state index in [1.807, 2.05) is 53.9 Å². The van der Waals surface area contributed by atoms with Crippen LogP contribution >= 0.6 is 11.3 Å². The fourth-order valence-corrected chi connectivity index (χ4v) is 3.64. The first-order valence-electron chi connectivity index (χ1n) is 7.78. The first-order chi connectivity index (χ1) is 12.1. The zero-order chi connectivity index (χ0) is 17.6. The predicted octanol–water partition coefficient (Wildman–Crippen LogP) is 3.03. The van der Waals surface area contributed by atoms with Gasteiger partial charge in [-0.3, -0.25) is 13.9 Å². The molecule has 4 rings (SSSR count). The van der Waals surface area contributed by atoms with Gasteiger partial charge in [0.2, 0.25) is 0 Å². The molecule has 0 saturated carbocycles. The fourth-order valence-electron chi connectivity index (χ4n) is 2.95. The van der Waals surface area contributed by atoms with Gasteiger partial charge in [-0.1, -0.05) is 36.4 Å². The molecule has 0 saturated heterocycles. The molecule has 0 spiro atoms. The third-order valence-corrected chi connectivity index (χ3v) is 5.16. The third kappa shape index (κ3) is 2.42. The lowest BCUT2D eigenvalue weighted by Gasteiger charge is -2.12. The standard InChI is InChI=1S/C19H15N3O2S/c1-21-17-16(18(23)22(2)19(21)24)13(12-7-4-3-5-8-12)11-14(20-17)15-9-6-10-25-15/h3-11H,1-2H3. The molecule has 0 bridgehead atoms. The van der Waals surface area contributed by atoms with E-state index in [2.05, 4.69) is 4.98 Å². The molecule has 0 amide bonds. The van der Waals surface area contributed by atoms with Gasteiger partial charge in [0.05, 0.1) is 16.0 Å². The second-order valence-electron chi connectivity index (χ2n) is 5.80. The first-order valence-corrected chi connectivity index (χ1v) is 8.66. The predicted molar refractivity (Wildman–Crippen MR) is 101 cm³/mol. The van der Waals surface area contributed by atoms with Crippen molar-refractivity contribution in [3.8, 4) is 21.7 Å². The number of fused-ring (bicyclic) bond motifs is 1. The maximum absolute atomic E-state index is 12.8. The van der Waals surface area contributed by atoms with Crippen LogP contribution in [0.1, 0.15) is 0 Å². The highest BCUT2D eigenvalue weighted by Crippen LogP contribution is 2.31. The molecule has 3 heterocycles. The van der Waals surface area contributed by atoms with E-state index in [0.29, 0.717) is 11.0 Å². The van der Waals surface area contributed by atoms with Crippen molar-refractivity contribution in [2.75, 3.05) is 0 Å². The largest absolute Gasteiger partial charge is 0.332 e. The van der Waals surface area contributed by atoms with Gasteiger partial charge >= 0.3 is 5.69 Å². The van der Waals surface area contributed by atoms with Gasteiger partial charge in [0.15, 0.2) is 5.65 Å². The summed E-state index contributed by atoms with van der Waals surface area (Å²) in [5.74, 6) is 0. The summed E-state index contributed by atoms with van der Waals surface area (Å²) in [6, 6.07) is 15.6. The zero-order valence-corrected chi connectivity index (χ0v) is 14.6. The van der Waals surface area contributed by atoms with Gasteiger partial charge in [0.1, 0.15) is 0 Å². The van der Waals surface area contributed by atoms with Gasteiger partial charge in [-0.2, -0.15) is 0 Å². The Hall–Kier alpha value is -2.99. The van der Waals surface area contributed by atoms with Crippen LogP contribution in [-0.4, -0.2) is 14.1 Å². The second kappa shape index (κ2) is 5.82. The Labute approximate surface area is 147 Å². The number of rotatable bonds is 2. The summed E-state index contributed by atoms with van der Waals surface area (Å²) in [7, 11) is 3.14. The van der Waals surface area contributed by atoms with Crippen LogP contribution in [-0.2, 0) is 14.1 Å². The normalized spacial score (nSPS) is 11.1. The maximum atomic E-state index is 12.8. The van der Waals surface area contributed by atoms with Crippen molar-refractivity contribution < 1.29 is 0 Å². The van der Waals surface area contributed by atoms with E-state index >= 15 is 0 Å². The average Bonchev–Trinajstić information content (AvgIpc) is 3.19. The Morgan fingerprint density at radius 2 is 1.72 bits per heavy atom. The minimum Gasteiger partial charge on any atom is -0.280 e. The molecule has 0 aliphatic carbocycles. The van der Waals surface area contributed by atoms with Crippen LogP contribution in [0, 0.1) is 0 Å². The number of benzene rings is 1.